The van der Waals surface area contributed by atoms with Crippen molar-refractivity contribution in [3.63, 3.8) is 0 Å². The molecule has 6 nitrogen and oxygen atoms in total. The van der Waals surface area contributed by atoms with E-state index in [2.05, 4.69) is 4.98 Å². The average molecular weight is 400 g/mol. The number of benzene rings is 2. The molecule has 1 aliphatic heterocycles. The number of carbonyl (C=O) groups is 2. The van der Waals surface area contributed by atoms with Gasteiger partial charge < -0.3 is 9.84 Å². The second-order valence-electron chi connectivity index (χ2n) is 6.72. The first-order chi connectivity index (χ1) is 14.6. The van der Waals surface area contributed by atoms with Crippen molar-refractivity contribution in [3.05, 3.63) is 95.8 Å². The monoisotopic (exact) mass is 400 g/mol. The highest BCUT2D eigenvalue weighted by atomic mass is 16.5. The third-order valence-corrected chi connectivity index (χ3v) is 4.89. The van der Waals surface area contributed by atoms with Crippen LogP contribution in [0.4, 0.5) is 5.69 Å². The minimum absolute atomic E-state index is 0.00622. The van der Waals surface area contributed by atoms with Crippen LogP contribution in [0.25, 0.3) is 5.76 Å². The minimum atomic E-state index is -0.833. The molecule has 1 aromatic heterocycles. The van der Waals surface area contributed by atoms with Crippen LogP contribution in [-0.4, -0.2) is 28.4 Å². The predicted molar refractivity (Wildman–Crippen MR) is 113 cm³/mol. The van der Waals surface area contributed by atoms with Crippen molar-refractivity contribution in [1.82, 2.24) is 4.98 Å². The van der Waals surface area contributed by atoms with Crippen molar-refractivity contribution < 1.29 is 19.4 Å². The highest BCUT2D eigenvalue weighted by Crippen LogP contribution is 2.41. The highest BCUT2D eigenvalue weighted by Gasteiger charge is 2.47. The van der Waals surface area contributed by atoms with Crippen LogP contribution in [-0.2, 0) is 9.59 Å². The quantitative estimate of drug-likeness (QED) is 0.396. The topological polar surface area (TPSA) is 79.7 Å². The predicted octanol–water partition coefficient (Wildman–Crippen LogP) is 4.11. The highest BCUT2D eigenvalue weighted by molar-refractivity contribution is 6.51. The maximum absolute atomic E-state index is 13.0. The molecule has 30 heavy (non-hydrogen) atoms. The van der Waals surface area contributed by atoms with Gasteiger partial charge in [-0.3, -0.25) is 19.5 Å². The number of amides is 1. The molecule has 1 N–H and O–H groups in total. The van der Waals surface area contributed by atoms with E-state index in [4.69, 9.17) is 4.74 Å². The lowest BCUT2D eigenvalue weighted by Gasteiger charge is -2.24. The van der Waals surface area contributed by atoms with E-state index in [1.165, 1.54) is 4.90 Å². The molecule has 0 radical (unpaired) electrons. The number of anilines is 1. The van der Waals surface area contributed by atoms with Crippen molar-refractivity contribution in [2.75, 3.05) is 11.5 Å². The van der Waals surface area contributed by atoms with E-state index < -0.39 is 17.7 Å². The number of ether oxygens (including phenoxy) is 1. The van der Waals surface area contributed by atoms with Crippen LogP contribution in [0.1, 0.15) is 24.2 Å². The normalized spacial score (nSPS) is 17.9. The molecule has 3 aromatic rings. The van der Waals surface area contributed by atoms with Crippen LogP contribution in [0.2, 0.25) is 0 Å². The van der Waals surface area contributed by atoms with Crippen LogP contribution in [0.5, 0.6) is 5.75 Å². The van der Waals surface area contributed by atoms with Crippen LogP contribution in [0.15, 0.2) is 84.6 Å². The van der Waals surface area contributed by atoms with E-state index in [-0.39, 0.29) is 11.3 Å². The summed E-state index contributed by atoms with van der Waals surface area (Å²) in [5.74, 6) is -1.05. The second-order valence-corrected chi connectivity index (χ2v) is 6.72. The van der Waals surface area contributed by atoms with Crippen molar-refractivity contribution in [2.45, 2.75) is 13.0 Å². The molecule has 1 atom stereocenters. The number of hydrogen-bond donors (Lipinski definition) is 1. The third kappa shape index (κ3) is 3.43. The van der Waals surface area contributed by atoms with Gasteiger partial charge in [0.05, 0.1) is 17.9 Å². The minimum Gasteiger partial charge on any atom is -0.507 e. The Hall–Kier alpha value is -3.93. The van der Waals surface area contributed by atoms with Gasteiger partial charge in [0, 0.05) is 17.4 Å². The van der Waals surface area contributed by atoms with E-state index in [1.807, 2.05) is 13.0 Å². The maximum atomic E-state index is 13.0. The van der Waals surface area contributed by atoms with Crippen LogP contribution < -0.4 is 9.64 Å². The summed E-state index contributed by atoms with van der Waals surface area (Å²) in [6, 6.07) is 20.1. The first kappa shape index (κ1) is 19.4. The summed E-state index contributed by atoms with van der Waals surface area (Å²) in [5.41, 5.74) is 1.48. The average Bonchev–Trinajstić information content (AvgIpc) is 3.06. The Kier molecular flexibility index (Phi) is 5.30. The Bertz CT molecular complexity index is 1090. The van der Waals surface area contributed by atoms with Gasteiger partial charge in [-0.1, -0.05) is 24.3 Å². The number of para-hydroxylation sites is 1. The molecule has 0 spiro atoms. The number of pyridine rings is 1. The molecule has 0 saturated carbocycles. The smallest absolute Gasteiger partial charge is 0.300 e. The molecule has 150 valence electrons. The zero-order valence-electron chi connectivity index (χ0n) is 16.4. The van der Waals surface area contributed by atoms with Gasteiger partial charge in [-0.25, -0.2) is 0 Å². The van der Waals surface area contributed by atoms with Crippen LogP contribution in [0, 0.1) is 0 Å². The number of aliphatic hydroxyl groups excluding tert-OH is 1. The molecular formula is C24H20N2O4. The summed E-state index contributed by atoms with van der Waals surface area (Å²) in [5, 5.41) is 11.0. The fraction of sp³-hybridized carbons (Fsp3) is 0.125. The number of carbonyl (C=O) groups excluding carboxylic acids is 2. The van der Waals surface area contributed by atoms with Gasteiger partial charge in [-0.2, -0.15) is 0 Å². The molecule has 0 bridgehead atoms. The summed E-state index contributed by atoms with van der Waals surface area (Å²) < 4.78 is 5.43. The summed E-state index contributed by atoms with van der Waals surface area (Å²) in [7, 11) is 0. The SMILES string of the molecule is CCOc1ccc(/C(O)=C2/C(=O)C(=O)N(c3ccccc3)C2c2ccccn2)cc1. The zero-order valence-corrected chi connectivity index (χ0v) is 16.4. The molecule has 1 amide bonds. The molecule has 6 heteroatoms. The molecule has 1 saturated heterocycles. The number of aliphatic hydroxyl groups is 1. The fourth-order valence-electron chi connectivity index (χ4n) is 3.54. The first-order valence-electron chi connectivity index (χ1n) is 9.62. The summed E-state index contributed by atoms with van der Waals surface area (Å²) in [4.78, 5) is 31.7. The largest absolute Gasteiger partial charge is 0.507 e. The number of aromatic nitrogens is 1. The van der Waals surface area contributed by atoms with Gasteiger partial charge in [0.1, 0.15) is 17.6 Å². The number of nitrogens with zero attached hydrogens (tertiary/aromatic N) is 2. The van der Waals surface area contributed by atoms with E-state index in [1.54, 1.807) is 72.9 Å². The molecule has 2 aromatic carbocycles. The Labute approximate surface area is 174 Å². The molecule has 1 fully saturated rings. The Morgan fingerprint density at radius 1 is 1.00 bits per heavy atom. The summed E-state index contributed by atoms with van der Waals surface area (Å²) in [6.45, 7) is 2.40. The van der Waals surface area contributed by atoms with Crippen molar-refractivity contribution in [2.24, 2.45) is 0 Å². The lowest BCUT2D eigenvalue weighted by molar-refractivity contribution is -0.132. The third-order valence-electron chi connectivity index (χ3n) is 4.89. The molecule has 1 aliphatic rings. The first-order valence-corrected chi connectivity index (χ1v) is 9.62. The van der Waals surface area contributed by atoms with E-state index in [0.29, 0.717) is 29.3 Å². The van der Waals surface area contributed by atoms with E-state index in [9.17, 15) is 14.7 Å². The Balaban J connectivity index is 1.87. The number of Topliss-reactive ketones (excluding diaryl/α,β-unsaturated/α-hetero) is 1. The maximum Gasteiger partial charge on any atom is 0.300 e. The molecule has 4 rings (SSSR count). The summed E-state index contributed by atoms with van der Waals surface area (Å²) in [6.07, 6.45) is 1.59. The van der Waals surface area contributed by atoms with Crippen molar-refractivity contribution >= 4 is 23.1 Å². The fourth-order valence-corrected chi connectivity index (χ4v) is 3.54. The standard InChI is InChI=1S/C24H20N2O4/c1-2-30-18-13-11-16(12-14-18)22(27)20-21(19-10-6-7-15-25-19)26(24(29)23(20)28)17-8-4-3-5-9-17/h3-15,21,27H,2H2,1H3/b22-20-. The molecule has 2 heterocycles. The van der Waals surface area contributed by atoms with Gasteiger partial charge >= 0.3 is 0 Å². The van der Waals surface area contributed by atoms with E-state index >= 15 is 0 Å². The number of ketones is 1. The summed E-state index contributed by atoms with van der Waals surface area (Å²) >= 11 is 0. The van der Waals surface area contributed by atoms with Crippen LogP contribution in [0.3, 0.4) is 0 Å². The zero-order chi connectivity index (χ0) is 21.1. The van der Waals surface area contributed by atoms with E-state index in [0.717, 1.165) is 0 Å². The number of hydrogen-bond acceptors (Lipinski definition) is 5. The van der Waals surface area contributed by atoms with Crippen LogP contribution >= 0.6 is 0 Å². The van der Waals surface area contributed by atoms with Gasteiger partial charge in [-0.05, 0) is 55.5 Å². The van der Waals surface area contributed by atoms with Gasteiger partial charge in [0.2, 0.25) is 0 Å². The lowest BCUT2D eigenvalue weighted by atomic mass is 9.98. The molecule has 1 unspecified atom stereocenters. The molecular weight excluding hydrogens is 380 g/mol. The van der Waals surface area contributed by atoms with Gasteiger partial charge in [-0.15, -0.1) is 0 Å². The van der Waals surface area contributed by atoms with Gasteiger partial charge in [0.25, 0.3) is 11.7 Å². The Morgan fingerprint density at radius 2 is 1.70 bits per heavy atom. The van der Waals surface area contributed by atoms with Crippen molar-refractivity contribution in [3.8, 4) is 5.75 Å². The Morgan fingerprint density at radius 3 is 2.33 bits per heavy atom. The number of rotatable bonds is 5. The molecule has 0 aliphatic carbocycles. The van der Waals surface area contributed by atoms with Crippen molar-refractivity contribution in [1.29, 1.82) is 0 Å². The second kappa shape index (κ2) is 8.21. The van der Waals surface area contributed by atoms with Gasteiger partial charge in [0.15, 0.2) is 0 Å². The lowest BCUT2D eigenvalue weighted by Crippen LogP contribution is -2.29.